The summed E-state index contributed by atoms with van der Waals surface area (Å²) in [6.45, 7) is 3.83. The molecule has 26 heavy (non-hydrogen) atoms. The molecule has 0 saturated heterocycles. The minimum atomic E-state index is -0.793. The lowest BCUT2D eigenvalue weighted by atomic mass is 10.0. The molecule has 2 rings (SSSR count). The van der Waals surface area contributed by atoms with E-state index >= 15 is 0 Å². The largest absolute Gasteiger partial charge is 0.422 e. The van der Waals surface area contributed by atoms with Crippen molar-refractivity contribution in [3.05, 3.63) is 46.3 Å². The molecular weight excluding hydrogens is 336 g/mol. The van der Waals surface area contributed by atoms with E-state index in [1.807, 2.05) is 0 Å². The van der Waals surface area contributed by atoms with E-state index in [4.69, 9.17) is 26.7 Å². The van der Waals surface area contributed by atoms with Gasteiger partial charge in [-0.05, 0) is 38.8 Å². The zero-order valence-electron chi connectivity index (χ0n) is 15.0. The molecule has 0 fully saturated rings. The number of aliphatic imine (C=N–C) groups is 1. The first kappa shape index (κ1) is 21.3. The summed E-state index contributed by atoms with van der Waals surface area (Å²) in [5.41, 5.74) is 16.0. The number of nitrogens with zero attached hydrogens (tertiary/aromatic N) is 1. The van der Waals surface area contributed by atoms with Gasteiger partial charge >= 0.3 is 5.63 Å². The average Bonchev–Trinajstić information content (AvgIpc) is 2.56. The fourth-order valence-corrected chi connectivity index (χ4v) is 2.08. The summed E-state index contributed by atoms with van der Waals surface area (Å²) in [4.78, 5) is 28.0. The second-order valence-electron chi connectivity index (χ2n) is 6.00. The number of ketones is 1. The Hall–Kier alpha value is -2.71. The molecule has 7 N–H and O–H groups in total. The maximum atomic E-state index is 12.3. The third-order valence-corrected chi connectivity index (χ3v) is 3.21. The minimum Gasteiger partial charge on any atom is -0.422 e. The van der Waals surface area contributed by atoms with Crippen molar-refractivity contribution in [2.45, 2.75) is 38.8 Å². The van der Waals surface area contributed by atoms with E-state index in [1.54, 1.807) is 38.1 Å². The molecule has 0 amide bonds. The molecule has 142 valence electrons. The summed E-state index contributed by atoms with van der Waals surface area (Å²) in [6, 6.07) is 7.70. The van der Waals surface area contributed by atoms with Crippen molar-refractivity contribution in [2.75, 3.05) is 6.54 Å². The van der Waals surface area contributed by atoms with E-state index in [1.165, 1.54) is 6.07 Å². The summed E-state index contributed by atoms with van der Waals surface area (Å²) in [6.07, 6.45) is 0.756. The molecule has 0 saturated carbocycles. The van der Waals surface area contributed by atoms with Gasteiger partial charge in [-0.25, -0.2) is 4.79 Å². The van der Waals surface area contributed by atoms with Crippen LogP contribution in [0.5, 0.6) is 0 Å². The Morgan fingerprint density at radius 2 is 1.88 bits per heavy atom. The van der Waals surface area contributed by atoms with E-state index in [0.29, 0.717) is 30.4 Å². The molecule has 1 aromatic carbocycles. The van der Waals surface area contributed by atoms with Crippen LogP contribution in [0, 0.1) is 0 Å². The quantitative estimate of drug-likeness (QED) is 0.194. The van der Waals surface area contributed by atoms with Crippen LogP contribution in [-0.2, 0) is 0 Å². The second-order valence-corrected chi connectivity index (χ2v) is 6.00. The molecule has 0 aliphatic carbocycles. The van der Waals surface area contributed by atoms with Gasteiger partial charge in [0.1, 0.15) is 11.1 Å². The Labute approximate surface area is 151 Å². The highest BCUT2D eigenvalue weighted by Gasteiger charge is 2.20. The zero-order chi connectivity index (χ0) is 19.7. The number of fused-ring (bicyclic) bond motifs is 1. The Morgan fingerprint density at radius 1 is 1.27 bits per heavy atom. The first-order valence-electron chi connectivity index (χ1n) is 8.28. The van der Waals surface area contributed by atoms with Crippen LogP contribution >= 0.6 is 0 Å². The third-order valence-electron chi connectivity index (χ3n) is 3.21. The van der Waals surface area contributed by atoms with Crippen LogP contribution in [0.3, 0.4) is 0 Å². The topological polar surface area (TPSA) is 158 Å². The number of guanidine groups is 1. The van der Waals surface area contributed by atoms with E-state index < -0.39 is 17.5 Å². The van der Waals surface area contributed by atoms with Gasteiger partial charge in [0, 0.05) is 18.0 Å². The normalized spacial score (nSPS) is 11.6. The molecule has 0 spiro atoms. The number of carbonyl (C=O) groups is 1. The van der Waals surface area contributed by atoms with Gasteiger partial charge in [-0.1, -0.05) is 18.2 Å². The number of benzene rings is 1. The lowest BCUT2D eigenvalue weighted by molar-refractivity contribution is 0.0953. The standard InChI is InChI=1S/C15H18N4O3.C3H8O/c16-11(5-3-7-19-15(17)18)13(20)10-8-9-4-1-2-6-12(9)22-14(10)21;1-3(2)4/h1-2,4,6,8,11H,3,5,7,16H2,(H4,17,18,19);3-4H,1-2H3. The van der Waals surface area contributed by atoms with Crippen molar-refractivity contribution in [3.8, 4) is 0 Å². The number of para-hydroxylation sites is 1. The monoisotopic (exact) mass is 362 g/mol. The van der Waals surface area contributed by atoms with Crippen molar-refractivity contribution < 1.29 is 14.3 Å². The van der Waals surface area contributed by atoms with Crippen LogP contribution < -0.4 is 22.8 Å². The summed E-state index contributed by atoms with van der Waals surface area (Å²) in [5.74, 6) is -0.445. The molecule has 2 aromatic rings. The van der Waals surface area contributed by atoms with Crippen molar-refractivity contribution in [3.63, 3.8) is 0 Å². The minimum absolute atomic E-state index is 0.00456. The fraction of sp³-hybridized carbons (Fsp3) is 0.389. The predicted molar refractivity (Wildman–Crippen MR) is 102 cm³/mol. The Balaban J connectivity index is 0.000000765. The first-order valence-corrected chi connectivity index (χ1v) is 8.28. The molecular formula is C18H26N4O4. The van der Waals surface area contributed by atoms with Crippen LogP contribution in [0.25, 0.3) is 11.0 Å². The lowest BCUT2D eigenvalue weighted by Gasteiger charge is -2.09. The summed E-state index contributed by atoms with van der Waals surface area (Å²) >= 11 is 0. The van der Waals surface area contributed by atoms with Crippen molar-refractivity contribution in [1.29, 1.82) is 0 Å². The molecule has 8 nitrogen and oxygen atoms in total. The maximum absolute atomic E-state index is 12.3. The number of rotatable bonds is 6. The van der Waals surface area contributed by atoms with E-state index in [2.05, 4.69) is 4.99 Å². The number of hydrogen-bond acceptors (Lipinski definition) is 6. The van der Waals surface area contributed by atoms with Crippen LogP contribution in [-0.4, -0.2) is 35.5 Å². The van der Waals surface area contributed by atoms with Gasteiger partial charge < -0.3 is 26.7 Å². The van der Waals surface area contributed by atoms with Gasteiger partial charge in [-0.15, -0.1) is 0 Å². The molecule has 0 radical (unpaired) electrons. The van der Waals surface area contributed by atoms with Crippen LogP contribution in [0.15, 0.2) is 44.5 Å². The molecule has 1 aromatic heterocycles. The number of Topliss-reactive ketones (excluding diaryl/α,β-unsaturated/α-hetero) is 1. The lowest BCUT2D eigenvalue weighted by Crippen LogP contribution is -2.33. The van der Waals surface area contributed by atoms with Crippen LogP contribution in [0.2, 0.25) is 0 Å². The number of carbonyl (C=O) groups excluding carboxylic acids is 1. The van der Waals surface area contributed by atoms with E-state index in [9.17, 15) is 9.59 Å². The molecule has 1 unspecified atom stereocenters. The van der Waals surface area contributed by atoms with E-state index in [0.717, 1.165) is 0 Å². The van der Waals surface area contributed by atoms with E-state index in [-0.39, 0.29) is 17.6 Å². The third kappa shape index (κ3) is 7.04. The highest BCUT2D eigenvalue weighted by atomic mass is 16.4. The smallest absolute Gasteiger partial charge is 0.347 e. The summed E-state index contributed by atoms with van der Waals surface area (Å²) < 4.78 is 5.13. The molecule has 0 aliphatic heterocycles. The maximum Gasteiger partial charge on any atom is 0.347 e. The van der Waals surface area contributed by atoms with Gasteiger partial charge in [0.05, 0.1) is 6.04 Å². The summed E-state index contributed by atoms with van der Waals surface area (Å²) in [5, 5.41) is 8.73. The Bertz CT molecular complexity index is 807. The number of nitrogens with two attached hydrogens (primary N) is 3. The van der Waals surface area contributed by atoms with Crippen LogP contribution in [0.1, 0.15) is 37.0 Å². The highest BCUT2D eigenvalue weighted by molar-refractivity contribution is 6.01. The number of aliphatic hydroxyl groups excluding tert-OH is 1. The van der Waals surface area contributed by atoms with Crippen molar-refractivity contribution in [2.24, 2.45) is 22.2 Å². The number of hydrogen-bond donors (Lipinski definition) is 4. The van der Waals surface area contributed by atoms with Crippen molar-refractivity contribution >= 4 is 22.7 Å². The SMILES string of the molecule is CC(C)O.NC(N)=NCCCC(N)C(=O)c1cc2ccccc2oc1=O. The van der Waals surface area contributed by atoms with Gasteiger partial charge in [0.2, 0.25) is 0 Å². The zero-order valence-corrected chi connectivity index (χ0v) is 15.0. The molecule has 0 aliphatic rings. The van der Waals surface area contributed by atoms with Gasteiger partial charge in [-0.3, -0.25) is 9.79 Å². The molecule has 1 heterocycles. The Kier molecular flexibility index (Phi) is 8.47. The predicted octanol–water partition coefficient (Wildman–Crippen LogP) is 0.744. The first-order chi connectivity index (χ1) is 12.2. The summed E-state index contributed by atoms with van der Waals surface area (Å²) in [7, 11) is 0. The number of aliphatic hydroxyl groups is 1. The second kappa shape index (κ2) is 10.3. The van der Waals surface area contributed by atoms with Crippen molar-refractivity contribution in [1.82, 2.24) is 0 Å². The van der Waals surface area contributed by atoms with Crippen LogP contribution in [0.4, 0.5) is 0 Å². The Morgan fingerprint density at radius 3 is 2.50 bits per heavy atom. The highest BCUT2D eigenvalue weighted by Crippen LogP contribution is 2.14. The molecule has 1 atom stereocenters. The average molecular weight is 362 g/mol. The van der Waals surface area contributed by atoms with Gasteiger partial charge in [0.15, 0.2) is 11.7 Å². The van der Waals surface area contributed by atoms with Gasteiger partial charge in [-0.2, -0.15) is 0 Å². The fourth-order valence-electron chi connectivity index (χ4n) is 2.08. The molecule has 0 bridgehead atoms. The molecule has 8 heteroatoms. The van der Waals surface area contributed by atoms with Gasteiger partial charge in [0.25, 0.3) is 0 Å².